The first-order chi connectivity index (χ1) is 5.33. The van der Waals surface area contributed by atoms with Gasteiger partial charge in [-0.1, -0.05) is 0 Å². The maximum absolute atomic E-state index is 5.85. The van der Waals surface area contributed by atoms with Gasteiger partial charge in [0.15, 0.2) is 0 Å². The molecule has 3 heteroatoms. The Labute approximate surface area is 74.5 Å². The number of rotatable bonds is 2. The molecule has 1 aliphatic heterocycles. The van der Waals surface area contributed by atoms with Crippen molar-refractivity contribution in [1.82, 2.24) is 4.90 Å². The van der Waals surface area contributed by atoms with Gasteiger partial charge in [-0.25, -0.2) is 0 Å². The van der Waals surface area contributed by atoms with Crippen molar-refractivity contribution in [2.45, 2.75) is 25.3 Å². The highest BCUT2D eigenvalue weighted by molar-refractivity contribution is 7.80. The lowest BCUT2D eigenvalue weighted by molar-refractivity contribution is 0.302. The van der Waals surface area contributed by atoms with Crippen molar-refractivity contribution >= 4 is 12.6 Å². The summed E-state index contributed by atoms with van der Waals surface area (Å²) in [6, 6.07) is 0.444. The summed E-state index contributed by atoms with van der Waals surface area (Å²) in [5, 5.41) is 0. The third-order valence-corrected chi connectivity index (χ3v) is 2.48. The van der Waals surface area contributed by atoms with E-state index in [9.17, 15) is 0 Å². The summed E-state index contributed by atoms with van der Waals surface area (Å²) in [7, 11) is 0. The third-order valence-electron chi connectivity index (χ3n) is 2.28. The molecule has 0 aromatic rings. The predicted octanol–water partition coefficient (Wildman–Crippen LogP) is 0.729. The molecule has 0 aromatic heterocycles. The van der Waals surface area contributed by atoms with Crippen LogP contribution in [0.3, 0.4) is 0 Å². The van der Waals surface area contributed by atoms with E-state index in [1.165, 1.54) is 25.9 Å². The molecule has 1 aliphatic rings. The lowest BCUT2D eigenvalue weighted by atomic mass is 10.1. The maximum Gasteiger partial charge on any atom is 0.00698 e. The van der Waals surface area contributed by atoms with Crippen LogP contribution in [0.1, 0.15) is 19.3 Å². The second-order valence-corrected chi connectivity index (χ2v) is 3.70. The summed E-state index contributed by atoms with van der Waals surface area (Å²) in [6.45, 7) is 3.51. The van der Waals surface area contributed by atoms with Crippen molar-refractivity contribution < 1.29 is 0 Å². The molecule has 66 valence electrons. The third kappa shape index (κ3) is 3.45. The Morgan fingerprint density at radius 3 is 2.91 bits per heavy atom. The second-order valence-electron chi connectivity index (χ2n) is 3.26. The molecule has 1 heterocycles. The summed E-state index contributed by atoms with van der Waals surface area (Å²) in [6.07, 6.45) is 3.62. The first kappa shape index (κ1) is 9.36. The van der Waals surface area contributed by atoms with E-state index in [4.69, 9.17) is 5.73 Å². The molecular formula is C8H18N2S. The smallest absolute Gasteiger partial charge is 0.00698 e. The average Bonchev–Trinajstić information content (AvgIpc) is 2.17. The van der Waals surface area contributed by atoms with Gasteiger partial charge < -0.3 is 10.6 Å². The van der Waals surface area contributed by atoms with Crippen molar-refractivity contribution in [2.75, 3.05) is 25.4 Å². The van der Waals surface area contributed by atoms with E-state index in [2.05, 4.69) is 17.5 Å². The fourth-order valence-corrected chi connectivity index (χ4v) is 1.83. The molecular weight excluding hydrogens is 156 g/mol. The van der Waals surface area contributed by atoms with Gasteiger partial charge >= 0.3 is 0 Å². The van der Waals surface area contributed by atoms with Gasteiger partial charge in [-0.15, -0.1) is 0 Å². The molecule has 1 fully saturated rings. The van der Waals surface area contributed by atoms with Crippen LogP contribution in [0.25, 0.3) is 0 Å². The van der Waals surface area contributed by atoms with Crippen LogP contribution >= 0.6 is 12.6 Å². The molecule has 0 aromatic carbocycles. The molecule has 0 aliphatic carbocycles. The highest BCUT2D eigenvalue weighted by atomic mass is 32.1. The van der Waals surface area contributed by atoms with E-state index in [1.54, 1.807) is 0 Å². The molecule has 0 bridgehead atoms. The van der Waals surface area contributed by atoms with E-state index >= 15 is 0 Å². The number of hydrogen-bond donors (Lipinski definition) is 2. The Bertz CT molecular complexity index is 108. The number of nitrogens with zero attached hydrogens (tertiary/aromatic N) is 1. The van der Waals surface area contributed by atoms with E-state index in [-0.39, 0.29) is 0 Å². The summed E-state index contributed by atoms with van der Waals surface area (Å²) in [5.74, 6) is 0.967. The molecule has 11 heavy (non-hydrogen) atoms. The average molecular weight is 174 g/mol. The Hall–Kier alpha value is 0.270. The first-order valence-corrected chi connectivity index (χ1v) is 5.05. The van der Waals surface area contributed by atoms with E-state index < -0.39 is 0 Å². The van der Waals surface area contributed by atoms with Gasteiger partial charge in [0, 0.05) is 18.3 Å². The number of hydrogen-bond acceptors (Lipinski definition) is 3. The standard InChI is InChI=1S/C8H18N2S/c9-8-2-1-4-10(5-3-8)6-7-11/h8,11H,1-7,9H2. The van der Waals surface area contributed by atoms with Crippen molar-refractivity contribution in [3.8, 4) is 0 Å². The molecule has 1 atom stereocenters. The first-order valence-electron chi connectivity index (χ1n) is 4.41. The summed E-state index contributed by atoms with van der Waals surface area (Å²) >= 11 is 4.22. The van der Waals surface area contributed by atoms with Gasteiger partial charge in [-0.2, -0.15) is 12.6 Å². The Morgan fingerprint density at radius 1 is 1.36 bits per heavy atom. The zero-order chi connectivity index (χ0) is 8.10. The fourth-order valence-electron chi connectivity index (χ4n) is 1.55. The summed E-state index contributed by atoms with van der Waals surface area (Å²) in [4.78, 5) is 2.46. The van der Waals surface area contributed by atoms with Crippen LogP contribution in [-0.4, -0.2) is 36.3 Å². The van der Waals surface area contributed by atoms with Gasteiger partial charge in [0.05, 0.1) is 0 Å². The molecule has 2 N–H and O–H groups in total. The SMILES string of the molecule is NC1CCCN(CCS)CC1. The largest absolute Gasteiger partial charge is 0.328 e. The normalized spacial score (nSPS) is 28.4. The summed E-state index contributed by atoms with van der Waals surface area (Å²) in [5.41, 5.74) is 5.85. The molecule has 0 spiro atoms. The van der Waals surface area contributed by atoms with Gasteiger partial charge in [0.25, 0.3) is 0 Å². The van der Waals surface area contributed by atoms with Crippen LogP contribution in [0.5, 0.6) is 0 Å². The van der Waals surface area contributed by atoms with Gasteiger partial charge in [0.2, 0.25) is 0 Å². The van der Waals surface area contributed by atoms with Gasteiger partial charge in [-0.05, 0) is 32.4 Å². The van der Waals surface area contributed by atoms with Crippen LogP contribution < -0.4 is 5.73 Å². The van der Waals surface area contributed by atoms with E-state index in [0.29, 0.717) is 6.04 Å². The minimum absolute atomic E-state index is 0.444. The van der Waals surface area contributed by atoms with Crippen LogP contribution in [0.4, 0.5) is 0 Å². The quantitative estimate of drug-likeness (QED) is 0.604. The van der Waals surface area contributed by atoms with Crippen molar-refractivity contribution in [2.24, 2.45) is 5.73 Å². The number of likely N-dealkylation sites (tertiary alicyclic amines) is 1. The molecule has 0 saturated carbocycles. The van der Waals surface area contributed by atoms with Crippen LogP contribution in [-0.2, 0) is 0 Å². The zero-order valence-electron chi connectivity index (χ0n) is 7.00. The minimum atomic E-state index is 0.444. The zero-order valence-corrected chi connectivity index (χ0v) is 7.89. The number of nitrogens with two attached hydrogens (primary N) is 1. The topological polar surface area (TPSA) is 29.3 Å². The van der Waals surface area contributed by atoms with Gasteiger partial charge in [0.1, 0.15) is 0 Å². The molecule has 0 radical (unpaired) electrons. The van der Waals surface area contributed by atoms with Crippen molar-refractivity contribution in [1.29, 1.82) is 0 Å². The van der Waals surface area contributed by atoms with Crippen molar-refractivity contribution in [3.05, 3.63) is 0 Å². The molecule has 2 nitrogen and oxygen atoms in total. The molecule has 1 unspecified atom stereocenters. The molecule has 1 rings (SSSR count). The fraction of sp³-hybridized carbons (Fsp3) is 1.00. The second kappa shape index (κ2) is 5.01. The highest BCUT2D eigenvalue weighted by Gasteiger charge is 2.12. The highest BCUT2D eigenvalue weighted by Crippen LogP contribution is 2.08. The number of thiol groups is 1. The Balaban J connectivity index is 2.22. The monoisotopic (exact) mass is 174 g/mol. The van der Waals surface area contributed by atoms with Crippen LogP contribution in [0.2, 0.25) is 0 Å². The van der Waals surface area contributed by atoms with Crippen molar-refractivity contribution in [3.63, 3.8) is 0 Å². The van der Waals surface area contributed by atoms with E-state index in [0.717, 1.165) is 18.7 Å². The minimum Gasteiger partial charge on any atom is -0.328 e. The molecule has 1 saturated heterocycles. The maximum atomic E-state index is 5.85. The molecule has 0 amide bonds. The van der Waals surface area contributed by atoms with Crippen LogP contribution in [0, 0.1) is 0 Å². The Morgan fingerprint density at radius 2 is 2.18 bits per heavy atom. The predicted molar refractivity (Wildman–Crippen MR) is 52.1 cm³/mol. The lowest BCUT2D eigenvalue weighted by Gasteiger charge is -2.17. The van der Waals surface area contributed by atoms with E-state index in [1.807, 2.05) is 0 Å². The van der Waals surface area contributed by atoms with Gasteiger partial charge in [-0.3, -0.25) is 0 Å². The van der Waals surface area contributed by atoms with Crippen LogP contribution in [0.15, 0.2) is 0 Å². The Kier molecular flexibility index (Phi) is 4.26. The summed E-state index contributed by atoms with van der Waals surface area (Å²) < 4.78 is 0. The lowest BCUT2D eigenvalue weighted by Crippen LogP contribution is -2.28.